The maximum absolute atomic E-state index is 12.1. The van der Waals surface area contributed by atoms with Gasteiger partial charge in [0.25, 0.3) is 0 Å². The van der Waals surface area contributed by atoms with Crippen molar-refractivity contribution in [3.05, 3.63) is 33.8 Å². The molecule has 1 heterocycles. The van der Waals surface area contributed by atoms with E-state index in [9.17, 15) is 9.90 Å². The fourth-order valence-corrected chi connectivity index (χ4v) is 2.72. The second kappa shape index (κ2) is 5.85. The zero-order valence-corrected chi connectivity index (χ0v) is 12.1. The summed E-state index contributed by atoms with van der Waals surface area (Å²) in [6.45, 7) is 3.37. The van der Waals surface area contributed by atoms with Crippen molar-refractivity contribution in [2.75, 3.05) is 13.1 Å². The van der Waals surface area contributed by atoms with Crippen LogP contribution in [0.15, 0.2) is 22.7 Å². The van der Waals surface area contributed by atoms with E-state index in [2.05, 4.69) is 15.9 Å². The van der Waals surface area contributed by atoms with Gasteiger partial charge in [-0.1, -0.05) is 22.0 Å². The molecule has 0 aliphatic carbocycles. The summed E-state index contributed by atoms with van der Waals surface area (Å²) >= 11 is 3.42. The standard InChI is InChI=1S/C14H18BrNO2/c1-10-8-12(15)3-2-11(10)9-14(18)16-6-4-13(17)5-7-16/h2-3,8,13,17H,4-7,9H2,1H3. The molecule has 98 valence electrons. The molecule has 1 aliphatic rings. The summed E-state index contributed by atoms with van der Waals surface area (Å²) in [4.78, 5) is 14.0. The Labute approximate surface area is 116 Å². The Morgan fingerprint density at radius 1 is 1.44 bits per heavy atom. The van der Waals surface area contributed by atoms with Crippen LogP contribution in [0.1, 0.15) is 24.0 Å². The monoisotopic (exact) mass is 311 g/mol. The van der Waals surface area contributed by atoms with E-state index in [4.69, 9.17) is 0 Å². The van der Waals surface area contributed by atoms with Gasteiger partial charge in [-0.2, -0.15) is 0 Å². The second-order valence-corrected chi connectivity index (χ2v) is 5.78. The Morgan fingerprint density at radius 2 is 2.11 bits per heavy atom. The zero-order valence-electron chi connectivity index (χ0n) is 10.5. The van der Waals surface area contributed by atoms with Gasteiger partial charge in [-0.05, 0) is 43.0 Å². The fourth-order valence-electron chi connectivity index (χ4n) is 2.25. The Morgan fingerprint density at radius 3 is 2.72 bits per heavy atom. The molecule has 0 spiro atoms. The smallest absolute Gasteiger partial charge is 0.227 e. The molecule has 2 rings (SSSR count). The molecule has 4 heteroatoms. The van der Waals surface area contributed by atoms with E-state index in [1.165, 1.54) is 0 Å². The normalized spacial score (nSPS) is 16.9. The minimum absolute atomic E-state index is 0.160. The van der Waals surface area contributed by atoms with Crippen LogP contribution in [0.3, 0.4) is 0 Å². The molecular weight excluding hydrogens is 294 g/mol. The third-order valence-corrected chi connectivity index (χ3v) is 3.96. The van der Waals surface area contributed by atoms with Gasteiger partial charge in [0.15, 0.2) is 0 Å². The van der Waals surface area contributed by atoms with E-state index in [1.807, 2.05) is 30.0 Å². The molecule has 1 amide bonds. The third kappa shape index (κ3) is 3.33. The molecule has 0 unspecified atom stereocenters. The van der Waals surface area contributed by atoms with Crippen molar-refractivity contribution >= 4 is 21.8 Å². The Bertz CT molecular complexity index is 439. The van der Waals surface area contributed by atoms with Crippen LogP contribution in [0.25, 0.3) is 0 Å². The number of aliphatic hydroxyl groups is 1. The summed E-state index contributed by atoms with van der Waals surface area (Å²) in [5.74, 6) is 0.160. The van der Waals surface area contributed by atoms with Gasteiger partial charge in [0.1, 0.15) is 0 Å². The Hall–Kier alpha value is -0.870. The van der Waals surface area contributed by atoms with Crippen molar-refractivity contribution < 1.29 is 9.90 Å². The number of amides is 1. The van der Waals surface area contributed by atoms with E-state index in [0.29, 0.717) is 32.4 Å². The first kappa shape index (κ1) is 13.6. The number of carbonyl (C=O) groups is 1. The van der Waals surface area contributed by atoms with Crippen LogP contribution in [0, 0.1) is 6.92 Å². The summed E-state index contributed by atoms with van der Waals surface area (Å²) in [6.07, 6.45) is 1.62. The zero-order chi connectivity index (χ0) is 13.1. The minimum atomic E-state index is -0.233. The van der Waals surface area contributed by atoms with Crippen LogP contribution < -0.4 is 0 Å². The first-order valence-corrected chi connectivity index (χ1v) is 7.06. The van der Waals surface area contributed by atoms with Gasteiger partial charge in [0.2, 0.25) is 5.91 Å². The summed E-state index contributed by atoms with van der Waals surface area (Å²) in [6, 6.07) is 5.99. The lowest BCUT2D eigenvalue weighted by Gasteiger charge is -2.29. The highest BCUT2D eigenvalue weighted by Gasteiger charge is 2.21. The second-order valence-electron chi connectivity index (χ2n) is 4.86. The molecule has 1 N–H and O–H groups in total. The van der Waals surface area contributed by atoms with Crippen molar-refractivity contribution in [3.63, 3.8) is 0 Å². The van der Waals surface area contributed by atoms with Gasteiger partial charge in [0.05, 0.1) is 12.5 Å². The van der Waals surface area contributed by atoms with E-state index in [1.54, 1.807) is 0 Å². The number of halogens is 1. The number of hydrogen-bond acceptors (Lipinski definition) is 2. The van der Waals surface area contributed by atoms with E-state index in [-0.39, 0.29) is 12.0 Å². The maximum Gasteiger partial charge on any atom is 0.227 e. The fraction of sp³-hybridized carbons (Fsp3) is 0.500. The molecule has 0 bridgehead atoms. The van der Waals surface area contributed by atoms with Crippen molar-refractivity contribution in [3.8, 4) is 0 Å². The van der Waals surface area contributed by atoms with Crippen molar-refractivity contribution in [2.24, 2.45) is 0 Å². The maximum atomic E-state index is 12.1. The SMILES string of the molecule is Cc1cc(Br)ccc1CC(=O)N1CCC(O)CC1. The predicted molar refractivity (Wildman–Crippen MR) is 74.4 cm³/mol. The lowest BCUT2D eigenvalue weighted by Crippen LogP contribution is -2.40. The van der Waals surface area contributed by atoms with Crippen molar-refractivity contribution in [1.82, 2.24) is 4.90 Å². The molecule has 3 nitrogen and oxygen atoms in total. The number of aliphatic hydroxyl groups excluding tert-OH is 1. The number of rotatable bonds is 2. The van der Waals surface area contributed by atoms with Gasteiger partial charge in [-0.3, -0.25) is 4.79 Å². The van der Waals surface area contributed by atoms with Gasteiger partial charge in [-0.25, -0.2) is 0 Å². The summed E-state index contributed by atoms with van der Waals surface area (Å²) in [5, 5.41) is 9.43. The molecule has 0 aromatic heterocycles. The number of nitrogens with zero attached hydrogens (tertiary/aromatic N) is 1. The van der Waals surface area contributed by atoms with Gasteiger partial charge < -0.3 is 10.0 Å². The Kier molecular flexibility index (Phi) is 4.40. The first-order valence-electron chi connectivity index (χ1n) is 6.27. The number of likely N-dealkylation sites (tertiary alicyclic amines) is 1. The predicted octanol–water partition coefficient (Wildman–Crippen LogP) is 2.28. The largest absolute Gasteiger partial charge is 0.393 e. The van der Waals surface area contributed by atoms with E-state index in [0.717, 1.165) is 15.6 Å². The molecule has 0 atom stereocenters. The number of benzene rings is 1. The van der Waals surface area contributed by atoms with Crippen LogP contribution in [-0.2, 0) is 11.2 Å². The van der Waals surface area contributed by atoms with Crippen LogP contribution in [-0.4, -0.2) is 35.1 Å². The summed E-state index contributed by atoms with van der Waals surface area (Å²) in [7, 11) is 0. The average Bonchev–Trinajstić information content (AvgIpc) is 2.33. The lowest BCUT2D eigenvalue weighted by atomic mass is 10.0. The van der Waals surface area contributed by atoms with Crippen molar-refractivity contribution in [2.45, 2.75) is 32.3 Å². The molecular formula is C14H18BrNO2. The lowest BCUT2D eigenvalue weighted by molar-refractivity contribution is -0.132. The number of aryl methyl sites for hydroxylation is 1. The molecule has 1 saturated heterocycles. The molecule has 18 heavy (non-hydrogen) atoms. The molecule has 1 fully saturated rings. The van der Waals surface area contributed by atoms with Gasteiger partial charge >= 0.3 is 0 Å². The molecule has 1 aliphatic heterocycles. The van der Waals surface area contributed by atoms with Crippen LogP contribution in [0.4, 0.5) is 0 Å². The highest BCUT2D eigenvalue weighted by Crippen LogP contribution is 2.18. The van der Waals surface area contributed by atoms with Crippen LogP contribution in [0.5, 0.6) is 0 Å². The molecule has 1 aromatic rings. The number of hydrogen-bond donors (Lipinski definition) is 1. The highest BCUT2D eigenvalue weighted by atomic mass is 79.9. The molecule has 1 aromatic carbocycles. The van der Waals surface area contributed by atoms with Crippen LogP contribution in [0.2, 0.25) is 0 Å². The van der Waals surface area contributed by atoms with Crippen molar-refractivity contribution in [1.29, 1.82) is 0 Å². The Balaban J connectivity index is 1.98. The highest BCUT2D eigenvalue weighted by molar-refractivity contribution is 9.10. The topological polar surface area (TPSA) is 40.5 Å². The van der Waals surface area contributed by atoms with E-state index >= 15 is 0 Å². The summed E-state index contributed by atoms with van der Waals surface area (Å²) < 4.78 is 1.04. The van der Waals surface area contributed by atoms with Gasteiger partial charge in [0, 0.05) is 17.6 Å². The van der Waals surface area contributed by atoms with Gasteiger partial charge in [-0.15, -0.1) is 0 Å². The third-order valence-electron chi connectivity index (χ3n) is 3.46. The van der Waals surface area contributed by atoms with Crippen LogP contribution >= 0.6 is 15.9 Å². The van der Waals surface area contributed by atoms with E-state index < -0.39 is 0 Å². The molecule has 0 saturated carbocycles. The number of piperidine rings is 1. The summed E-state index contributed by atoms with van der Waals surface area (Å²) in [5.41, 5.74) is 2.21. The average molecular weight is 312 g/mol. The quantitative estimate of drug-likeness (QED) is 0.910. The molecule has 0 radical (unpaired) electrons. The first-order chi connectivity index (χ1) is 8.56. The minimum Gasteiger partial charge on any atom is -0.393 e. The number of carbonyl (C=O) groups excluding carboxylic acids is 1.